The van der Waals surface area contributed by atoms with Crippen LogP contribution < -0.4 is 0 Å². The molecule has 0 fully saturated rings. The van der Waals surface area contributed by atoms with E-state index in [4.69, 9.17) is 4.18 Å². The highest BCUT2D eigenvalue weighted by molar-refractivity contribution is 7.87. The molecule has 0 atom stereocenters. The maximum absolute atomic E-state index is 12.4. The van der Waals surface area contributed by atoms with Gasteiger partial charge in [-0.25, -0.2) is 0 Å². The third-order valence-corrected chi connectivity index (χ3v) is 5.63. The van der Waals surface area contributed by atoms with Crippen LogP contribution in [0.15, 0.2) is 47.4 Å². The number of hydrogen-bond donors (Lipinski definition) is 0. The van der Waals surface area contributed by atoms with Gasteiger partial charge in [0.2, 0.25) is 0 Å². The van der Waals surface area contributed by atoms with E-state index in [0.29, 0.717) is 0 Å². The van der Waals surface area contributed by atoms with Crippen LogP contribution in [0.3, 0.4) is 0 Å². The summed E-state index contributed by atoms with van der Waals surface area (Å²) >= 11 is 0. The Morgan fingerprint density at radius 2 is 1.42 bits per heavy atom. The van der Waals surface area contributed by atoms with Gasteiger partial charge in [-0.05, 0) is 17.9 Å². The van der Waals surface area contributed by atoms with Crippen LogP contribution in [0.2, 0.25) is 0 Å². The average molecular weight is 349 g/mol. The standard InChI is InChI=1S/C20H28O3S/c1-2-3-4-5-6-7-8-11-17-23-24(21,22)20-16-12-14-18-13-9-10-15-19(18)20/h9-10,12-16H,2-8,11,17H2,1H3. The second-order valence-electron chi connectivity index (χ2n) is 6.23. The van der Waals surface area contributed by atoms with E-state index < -0.39 is 10.1 Å². The quantitative estimate of drug-likeness (QED) is 0.387. The third-order valence-electron chi connectivity index (χ3n) is 4.26. The lowest BCUT2D eigenvalue weighted by Gasteiger charge is -2.08. The molecule has 0 N–H and O–H groups in total. The SMILES string of the molecule is CCCCCCCCCCOS(=O)(=O)c1cccc2ccccc12. The molecule has 0 spiro atoms. The Bertz CT molecular complexity index is 717. The fraction of sp³-hybridized carbons (Fsp3) is 0.500. The monoisotopic (exact) mass is 348 g/mol. The first-order valence-electron chi connectivity index (χ1n) is 9.02. The van der Waals surface area contributed by atoms with Crippen molar-refractivity contribution in [3.8, 4) is 0 Å². The molecule has 0 aliphatic carbocycles. The molecule has 0 saturated carbocycles. The van der Waals surface area contributed by atoms with Crippen molar-refractivity contribution in [1.29, 1.82) is 0 Å². The van der Waals surface area contributed by atoms with Crippen molar-refractivity contribution < 1.29 is 12.6 Å². The van der Waals surface area contributed by atoms with Gasteiger partial charge in [-0.1, -0.05) is 88.3 Å². The molecule has 0 saturated heterocycles. The van der Waals surface area contributed by atoms with Gasteiger partial charge in [-0.3, -0.25) is 4.18 Å². The zero-order valence-electron chi connectivity index (χ0n) is 14.5. The molecule has 0 aliphatic heterocycles. The van der Waals surface area contributed by atoms with Gasteiger partial charge < -0.3 is 0 Å². The molecule has 0 aromatic heterocycles. The van der Waals surface area contributed by atoms with E-state index in [2.05, 4.69) is 6.92 Å². The lowest BCUT2D eigenvalue weighted by Crippen LogP contribution is -2.08. The van der Waals surface area contributed by atoms with Crippen molar-refractivity contribution in [3.63, 3.8) is 0 Å². The molecule has 4 heteroatoms. The number of fused-ring (bicyclic) bond motifs is 1. The van der Waals surface area contributed by atoms with Gasteiger partial charge in [-0.2, -0.15) is 8.42 Å². The first-order valence-corrected chi connectivity index (χ1v) is 10.4. The minimum absolute atomic E-state index is 0.264. The lowest BCUT2D eigenvalue weighted by molar-refractivity contribution is 0.306. The Balaban J connectivity index is 1.79. The smallest absolute Gasteiger partial charge is 0.266 e. The topological polar surface area (TPSA) is 43.4 Å². The summed E-state index contributed by atoms with van der Waals surface area (Å²) in [6.45, 7) is 2.48. The van der Waals surface area contributed by atoms with Crippen molar-refractivity contribution in [2.75, 3.05) is 6.61 Å². The van der Waals surface area contributed by atoms with E-state index in [0.717, 1.165) is 30.0 Å². The zero-order chi connectivity index (χ0) is 17.3. The van der Waals surface area contributed by atoms with Gasteiger partial charge in [-0.15, -0.1) is 0 Å². The van der Waals surface area contributed by atoms with Gasteiger partial charge >= 0.3 is 0 Å². The first kappa shape index (κ1) is 18.9. The van der Waals surface area contributed by atoms with Crippen LogP contribution >= 0.6 is 0 Å². The normalized spacial score (nSPS) is 11.9. The number of rotatable bonds is 11. The molecule has 3 nitrogen and oxygen atoms in total. The van der Waals surface area contributed by atoms with Crippen LogP contribution in [-0.4, -0.2) is 15.0 Å². The van der Waals surface area contributed by atoms with E-state index in [-0.39, 0.29) is 11.5 Å². The summed E-state index contributed by atoms with van der Waals surface area (Å²) in [4.78, 5) is 0.264. The van der Waals surface area contributed by atoms with Crippen LogP contribution in [0.1, 0.15) is 58.3 Å². The van der Waals surface area contributed by atoms with Crippen LogP contribution in [0.4, 0.5) is 0 Å². The van der Waals surface area contributed by atoms with Crippen molar-refractivity contribution in [2.24, 2.45) is 0 Å². The summed E-state index contributed by atoms with van der Waals surface area (Å²) in [5, 5.41) is 1.63. The fourth-order valence-corrected chi connectivity index (χ4v) is 4.05. The molecule has 0 heterocycles. The summed E-state index contributed by atoms with van der Waals surface area (Å²) in [5.74, 6) is 0. The summed E-state index contributed by atoms with van der Waals surface area (Å²) in [6, 6.07) is 12.8. The van der Waals surface area contributed by atoms with Gasteiger partial charge in [0.15, 0.2) is 0 Å². The summed E-state index contributed by atoms with van der Waals surface area (Å²) in [7, 11) is -3.69. The third kappa shape index (κ3) is 5.60. The maximum Gasteiger partial charge on any atom is 0.297 e. The Morgan fingerprint density at radius 3 is 2.17 bits per heavy atom. The predicted octanol–water partition coefficient (Wildman–Crippen LogP) is 5.69. The average Bonchev–Trinajstić information content (AvgIpc) is 2.59. The number of benzene rings is 2. The van der Waals surface area contributed by atoms with E-state index in [1.165, 1.54) is 32.1 Å². The Kier molecular flexibility index (Phi) is 7.73. The molecule has 2 aromatic carbocycles. The highest BCUT2D eigenvalue weighted by Gasteiger charge is 2.17. The Hall–Kier alpha value is -1.39. The summed E-state index contributed by atoms with van der Waals surface area (Å²) < 4.78 is 30.1. The van der Waals surface area contributed by atoms with Crippen molar-refractivity contribution in [1.82, 2.24) is 0 Å². The summed E-state index contributed by atoms with van der Waals surface area (Å²) in [6.07, 6.45) is 9.37. The van der Waals surface area contributed by atoms with E-state index >= 15 is 0 Å². The molecule has 0 amide bonds. The van der Waals surface area contributed by atoms with Crippen molar-refractivity contribution in [3.05, 3.63) is 42.5 Å². The molecule has 0 aliphatic rings. The molecule has 0 bridgehead atoms. The van der Waals surface area contributed by atoms with Crippen LogP contribution in [0.25, 0.3) is 10.8 Å². The van der Waals surface area contributed by atoms with E-state index in [1.807, 2.05) is 30.3 Å². The molecule has 0 radical (unpaired) electrons. The highest BCUT2D eigenvalue weighted by Crippen LogP contribution is 2.24. The van der Waals surface area contributed by atoms with Gasteiger partial charge in [0, 0.05) is 5.39 Å². The second kappa shape index (κ2) is 9.80. The van der Waals surface area contributed by atoms with Crippen LogP contribution in [0, 0.1) is 0 Å². The molecular formula is C20H28O3S. The largest absolute Gasteiger partial charge is 0.297 e. The fourth-order valence-electron chi connectivity index (χ4n) is 2.88. The minimum atomic E-state index is -3.69. The molecule has 0 unspecified atom stereocenters. The molecule has 24 heavy (non-hydrogen) atoms. The van der Waals surface area contributed by atoms with Crippen molar-refractivity contribution in [2.45, 2.75) is 63.2 Å². The number of unbranched alkanes of at least 4 members (excludes halogenated alkanes) is 7. The van der Waals surface area contributed by atoms with Gasteiger partial charge in [0.25, 0.3) is 10.1 Å². The second-order valence-corrected chi connectivity index (χ2v) is 7.81. The highest BCUT2D eigenvalue weighted by atomic mass is 32.2. The van der Waals surface area contributed by atoms with Crippen LogP contribution in [-0.2, 0) is 14.3 Å². The van der Waals surface area contributed by atoms with Gasteiger partial charge in [0.05, 0.1) is 6.61 Å². The number of hydrogen-bond acceptors (Lipinski definition) is 3. The van der Waals surface area contributed by atoms with Crippen molar-refractivity contribution >= 4 is 20.9 Å². The molecular weight excluding hydrogens is 320 g/mol. The van der Waals surface area contributed by atoms with E-state index in [9.17, 15) is 8.42 Å². The Morgan fingerprint density at radius 1 is 0.792 bits per heavy atom. The van der Waals surface area contributed by atoms with E-state index in [1.54, 1.807) is 12.1 Å². The predicted molar refractivity (Wildman–Crippen MR) is 99.7 cm³/mol. The van der Waals surface area contributed by atoms with Crippen LogP contribution in [0.5, 0.6) is 0 Å². The molecule has 2 aromatic rings. The minimum Gasteiger partial charge on any atom is -0.266 e. The zero-order valence-corrected chi connectivity index (χ0v) is 15.4. The lowest BCUT2D eigenvalue weighted by atomic mass is 10.1. The maximum atomic E-state index is 12.4. The summed E-state index contributed by atoms with van der Waals surface area (Å²) in [5.41, 5.74) is 0. The Labute approximate surface area is 146 Å². The molecule has 132 valence electrons. The van der Waals surface area contributed by atoms with Gasteiger partial charge in [0.1, 0.15) is 4.90 Å². The molecule has 2 rings (SSSR count). The first-order chi connectivity index (χ1) is 11.6.